The lowest BCUT2D eigenvalue weighted by Crippen LogP contribution is -2.28. The van der Waals surface area contributed by atoms with E-state index in [1.165, 1.54) is 25.7 Å². The number of rotatable bonds is 2. The van der Waals surface area contributed by atoms with Crippen LogP contribution >= 0.6 is 25.0 Å². The number of nitrogens with zero attached hydrogens (tertiary/aromatic N) is 1. The van der Waals surface area contributed by atoms with Crippen molar-refractivity contribution in [3.05, 3.63) is 0 Å². The zero-order valence-corrected chi connectivity index (χ0v) is 12.3. The topological polar surface area (TPSA) is 38.4 Å². The molecule has 0 radical (unpaired) electrons. The lowest BCUT2D eigenvalue weighted by atomic mass is 9.71. The van der Waals surface area contributed by atoms with Crippen molar-refractivity contribution < 1.29 is 0 Å². The summed E-state index contributed by atoms with van der Waals surface area (Å²) in [7, 11) is 0. The Labute approximate surface area is 111 Å². The van der Waals surface area contributed by atoms with Gasteiger partial charge in [0.2, 0.25) is 0 Å². The van der Waals surface area contributed by atoms with E-state index in [0.717, 1.165) is 5.92 Å². The third kappa shape index (κ3) is 4.96. The molecule has 1 aliphatic carbocycles. The van der Waals surface area contributed by atoms with Crippen LogP contribution in [0.1, 0.15) is 46.5 Å². The first-order chi connectivity index (χ1) is 6.93. The van der Waals surface area contributed by atoms with E-state index in [1.807, 2.05) is 0 Å². The first kappa shape index (κ1) is 16.1. The van der Waals surface area contributed by atoms with Crippen LogP contribution in [0.15, 0.2) is 4.99 Å². The molecule has 1 saturated carbocycles. The average Bonchev–Trinajstić information content (AvgIpc) is 2.17. The summed E-state index contributed by atoms with van der Waals surface area (Å²) in [5.41, 5.74) is 6.15. The molecular formula is C12H25ClN2S. The highest BCUT2D eigenvalue weighted by molar-refractivity contribution is 7.81. The van der Waals surface area contributed by atoms with E-state index in [2.05, 4.69) is 38.4 Å². The molecule has 0 amide bonds. The molecule has 2 N–H and O–H groups in total. The van der Waals surface area contributed by atoms with Gasteiger partial charge in [-0.05, 0) is 37.0 Å². The number of nitrogens with two attached hydrogens (primary N) is 1. The van der Waals surface area contributed by atoms with Crippen LogP contribution in [-0.4, -0.2) is 17.6 Å². The second-order valence-electron chi connectivity index (χ2n) is 5.65. The molecule has 4 heteroatoms. The fourth-order valence-electron chi connectivity index (χ4n) is 2.35. The van der Waals surface area contributed by atoms with Gasteiger partial charge in [-0.1, -0.05) is 20.8 Å². The monoisotopic (exact) mass is 264 g/mol. The minimum absolute atomic E-state index is 0. The summed E-state index contributed by atoms with van der Waals surface area (Å²) in [6.07, 6.45) is 4.96. The highest BCUT2D eigenvalue weighted by Gasteiger charge is 2.29. The van der Waals surface area contributed by atoms with Gasteiger partial charge in [0.25, 0.3) is 0 Å². The standard InChI is InChI=1S/C12H24N2S.ClH/c1-12(2,3)9-4-6-10(7-5-9)14-11(13)8-15;/h9-10,15H,4-8H2,1-3H3,(H2,13,14);1H. The van der Waals surface area contributed by atoms with Gasteiger partial charge in [-0.15, -0.1) is 12.4 Å². The Bertz CT molecular complexity index is 228. The summed E-state index contributed by atoms with van der Waals surface area (Å²) in [4.78, 5) is 4.49. The normalized spacial score (nSPS) is 27.4. The van der Waals surface area contributed by atoms with E-state index in [-0.39, 0.29) is 12.4 Å². The molecule has 0 aromatic rings. The summed E-state index contributed by atoms with van der Waals surface area (Å²) in [6, 6.07) is 0.454. The fraction of sp³-hybridized carbons (Fsp3) is 0.917. The van der Waals surface area contributed by atoms with E-state index in [1.54, 1.807) is 0 Å². The van der Waals surface area contributed by atoms with Gasteiger partial charge < -0.3 is 5.73 Å². The second-order valence-corrected chi connectivity index (χ2v) is 5.97. The first-order valence-electron chi connectivity index (χ1n) is 5.86. The van der Waals surface area contributed by atoms with Crippen LogP contribution in [-0.2, 0) is 0 Å². The Balaban J connectivity index is 0.00000225. The van der Waals surface area contributed by atoms with Crippen LogP contribution in [0.2, 0.25) is 0 Å². The smallest absolute Gasteiger partial charge is 0.104 e. The lowest BCUT2D eigenvalue weighted by molar-refractivity contribution is 0.170. The van der Waals surface area contributed by atoms with Crippen LogP contribution < -0.4 is 5.73 Å². The Morgan fingerprint density at radius 1 is 1.25 bits per heavy atom. The molecule has 0 saturated heterocycles. The quantitative estimate of drug-likeness (QED) is 0.448. The number of halogens is 1. The van der Waals surface area contributed by atoms with Gasteiger partial charge in [-0.2, -0.15) is 12.6 Å². The molecule has 0 aliphatic heterocycles. The van der Waals surface area contributed by atoms with Crippen molar-refractivity contribution in [2.45, 2.75) is 52.5 Å². The van der Waals surface area contributed by atoms with Crippen molar-refractivity contribution in [2.75, 3.05) is 5.75 Å². The maximum absolute atomic E-state index is 5.70. The van der Waals surface area contributed by atoms with Gasteiger partial charge in [0.05, 0.1) is 6.04 Å². The molecule has 1 rings (SSSR count). The molecule has 0 unspecified atom stereocenters. The molecule has 0 aromatic heterocycles. The van der Waals surface area contributed by atoms with Crippen molar-refractivity contribution in [2.24, 2.45) is 22.1 Å². The minimum Gasteiger partial charge on any atom is -0.387 e. The minimum atomic E-state index is 0. The largest absolute Gasteiger partial charge is 0.387 e. The summed E-state index contributed by atoms with van der Waals surface area (Å²) in [5, 5.41) is 0. The Hall–Kier alpha value is 0.110. The summed E-state index contributed by atoms with van der Waals surface area (Å²) in [5.74, 6) is 2.12. The molecule has 16 heavy (non-hydrogen) atoms. The van der Waals surface area contributed by atoms with Gasteiger partial charge in [-0.25, -0.2) is 0 Å². The van der Waals surface area contributed by atoms with Crippen molar-refractivity contribution >= 4 is 30.9 Å². The molecule has 2 nitrogen and oxygen atoms in total. The highest BCUT2D eigenvalue weighted by atomic mass is 35.5. The van der Waals surface area contributed by atoms with Gasteiger partial charge in [-0.3, -0.25) is 4.99 Å². The zero-order chi connectivity index (χ0) is 11.5. The molecule has 0 spiro atoms. The summed E-state index contributed by atoms with van der Waals surface area (Å²) in [6.45, 7) is 7.01. The Morgan fingerprint density at radius 2 is 1.75 bits per heavy atom. The zero-order valence-electron chi connectivity index (χ0n) is 10.6. The number of aliphatic imine (C=N–C) groups is 1. The van der Waals surface area contributed by atoms with Crippen molar-refractivity contribution in [3.63, 3.8) is 0 Å². The fourth-order valence-corrected chi connectivity index (χ4v) is 2.43. The molecule has 0 aromatic carbocycles. The number of thiol groups is 1. The van der Waals surface area contributed by atoms with Gasteiger partial charge in [0, 0.05) is 5.75 Å². The van der Waals surface area contributed by atoms with E-state index in [9.17, 15) is 0 Å². The Morgan fingerprint density at radius 3 is 2.12 bits per heavy atom. The lowest BCUT2D eigenvalue weighted by Gasteiger charge is -2.35. The SMILES string of the molecule is CC(C)(C)C1CCC(N=C(N)CS)CC1.Cl. The predicted molar refractivity (Wildman–Crippen MR) is 77.9 cm³/mol. The van der Waals surface area contributed by atoms with Crippen molar-refractivity contribution in [3.8, 4) is 0 Å². The van der Waals surface area contributed by atoms with Gasteiger partial charge in [0.15, 0.2) is 0 Å². The molecular weight excluding hydrogens is 240 g/mol. The maximum Gasteiger partial charge on any atom is 0.104 e. The van der Waals surface area contributed by atoms with E-state index < -0.39 is 0 Å². The predicted octanol–water partition coefficient (Wildman–Crippen LogP) is 3.30. The average molecular weight is 265 g/mol. The molecule has 1 aliphatic rings. The second kappa shape index (κ2) is 6.75. The molecule has 96 valence electrons. The van der Waals surface area contributed by atoms with Crippen LogP contribution in [0.5, 0.6) is 0 Å². The number of hydrogen-bond donors (Lipinski definition) is 2. The third-order valence-corrected chi connectivity index (χ3v) is 3.76. The Kier molecular flexibility index (Phi) is 6.80. The van der Waals surface area contributed by atoms with E-state index in [4.69, 9.17) is 5.73 Å². The number of amidine groups is 1. The molecule has 1 fully saturated rings. The molecule has 0 heterocycles. The first-order valence-corrected chi connectivity index (χ1v) is 6.49. The van der Waals surface area contributed by atoms with E-state index >= 15 is 0 Å². The van der Waals surface area contributed by atoms with Crippen LogP contribution in [0.25, 0.3) is 0 Å². The van der Waals surface area contributed by atoms with Crippen LogP contribution in [0, 0.1) is 11.3 Å². The van der Waals surface area contributed by atoms with Crippen LogP contribution in [0.4, 0.5) is 0 Å². The van der Waals surface area contributed by atoms with Crippen LogP contribution in [0.3, 0.4) is 0 Å². The van der Waals surface area contributed by atoms with Crippen molar-refractivity contribution in [1.82, 2.24) is 0 Å². The third-order valence-electron chi connectivity index (χ3n) is 3.43. The van der Waals surface area contributed by atoms with Gasteiger partial charge >= 0.3 is 0 Å². The summed E-state index contributed by atoms with van der Waals surface area (Å²) < 4.78 is 0. The summed E-state index contributed by atoms with van der Waals surface area (Å²) >= 11 is 4.12. The molecule has 0 bridgehead atoms. The highest BCUT2D eigenvalue weighted by Crippen LogP contribution is 2.38. The van der Waals surface area contributed by atoms with E-state index in [0.29, 0.717) is 23.0 Å². The van der Waals surface area contributed by atoms with Gasteiger partial charge in [0.1, 0.15) is 5.84 Å². The molecule has 0 atom stereocenters. The number of hydrogen-bond acceptors (Lipinski definition) is 2. The maximum atomic E-state index is 5.70. The van der Waals surface area contributed by atoms with Crippen molar-refractivity contribution in [1.29, 1.82) is 0 Å².